The maximum Gasteiger partial charge on any atom is 0.195 e. The second-order valence-electron chi connectivity index (χ2n) is 5.03. The van der Waals surface area contributed by atoms with Crippen LogP contribution in [-0.4, -0.2) is 26.0 Å². The maximum absolute atomic E-state index is 6.32. The van der Waals surface area contributed by atoms with E-state index in [-0.39, 0.29) is 0 Å². The van der Waals surface area contributed by atoms with Crippen LogP contribution in [0.15, 0.2) is 48.2 Å². The average Bonchev–Trinajstić information content (AvgIpc) is 3.24. The minimum absolute atomic E-state index is 0.471. The molecule has 5 nitrogen and oxygen atoms in total. The quantitative estimate of drug-likeness (QED) is 0.562. The van der Waals surface area contributed by atoms with Crippen molar-refractivity contribution in [3.8, 4) is 17.3 Å². The van der Waals surface area contributed by atoms with Gasteiger partial charge < -0.3 is 9.30 Å². The molecular weight excluding hydrogens is 332 g/mol. The van der Waals surface area contributed by atoms with Crippen molar-refractivity contribution in [3.63, 3.8) is 0 Å². The normalized spacial score (nSPS) is 11.2. The van der Waals surface area contributed by atoms with Gasteiger partial charge in [-0.3, -0.25) is 4.40 Å². The van der Waals surface area contributed by atoms with Gasteiger partial charge in [-0.05, 0) is 17.7 Å². The van der Waals surface area contributed by atoms with Crippen molar-refractivity contribution in [2.45, 2.75) is 6.54 Å². The Bertz CT molecular complexity index is 954. The lowest BCUT2D eigenvalue weighted by Crippen LogP contribution is -2.02. The summed E-state index contributed by atoms with van der Waals surface area (Å²) in [4.78, 5) is 9.72. The Balaban J connectivity index is 1.73. The summed E-state index contributed by atoms with van der Waals surface area (Å²) in [6.07, 6.45) is 5.68. The highest BCUT2D eigenvalue weighted by atomic mass is 35.5. The van der Waals surface area contributed by atoms with Crippen molar-refractivity contribution in [1.29, 1.82) is 0 Å². The Labute approximate surface area is 141 Å². The van der Waals surface area contributed by atoms with Crippen LogP contribution in [0.3, 0.4) is 0 Å². The van der Waals surface area contributed by atoms with Crippen LogP contribution in [0.2, 0.25) is 5.15 Å². The fourth-order valence-corrected chi connectivity index (χ4v) is 3.56. The van der Waals surface area contributed by atoms with Gasteiger partial charge in [0, 0.05) is 30.5 Å². The Morgan fingerprint density at radius 2 is 2.04 bits per heavy atom. The number of aromatic nitrogens is 4. The first-order valence-corrected chi connectivity index (χ1v) is 8.27. The first-order chi connectivity index (χ1) is 11.3. The van der Waals surface area contributed by atoms with Gasteiger partial charge in [-0.15, -0.1) is 11.3 Å². The molecule has 0 amide bonds. The highest BCUT2D eigenvalue weighted by Crippen LogP contribution is 2.30. The molecule has 0 atom stereocenters. The number of halogens is 1. The number of rotatable bonds is 4. The lowest BCUT2D eigenvalue weighted by molar-refractivity contribution is 0.414. The van der Waals surface area contributed by atoms with Crippen molar-refractivity contribution in [3.05, 3.63) is 59.0 Å². The summed E-state index contributed by atoms with van der Waals surface area (Å²) in [6.45, 7) is 0.701. The summed E-state index contributed by atoms with van der Waals surface area (Å²) >= 11 is 7.87. The molecule has 0 fully saturated rings. The highest BCUT2D eigenvalue weighted by Gasteiger charge is 2.17. The van der Waals surface area contributed by atoms with E-state index in [4.69, 9.17) is 16.3 Å². The smallest absolute Gasteiger partial charge is 0.195 e. The first-order valence-electron chi connectivity index (χ1n) is 7.02. The second kappa shape index (κ2) is 5.72. The molecule has 0 aliphatic carbocycles. The van der Waals surface area contributed by atoms with Crippen LogP contribution in [0.25, 0.3) is 16.5 Å². The molecule has 1 aromatic carbocycles. The van der Waals surface area contributed by atoms with Crippen LogP contribution >= 0.6 is 22.9 Å². The van der Waals surface area contributed by atoms with E-state index in [1.54, 1.807) is 24.6 Å². The second-order valence-corrected chi connectivity index (χ2v) is 6.26. The number of benzene rings is 1. The summed E-state index contributed by atoms with van der Waals surface area (Å²) < 4.78 is 9.23. The number of ether oxygens (including phenoxy) is 1. The predicted molar refractivity (Wildman–Crippen MR) is 91.4 cm³/mol. The van der Waals surface area contributed by atoms with Crippen LogP contribution in [0.1, 0.15) is 5.56 Å². The van der Waals surface area contributed by atoms with Gasteiger partial charge in [0.2, 0.25) is 0 Å². The number of fused-ring (bicyclic) bond motifs is 1. The number of methoxy groups -OCH3 is 1. The minimum Gasteiger partial charge on any atom is -0.497 e. The zero-order chi connectivity index (χ0) is 15.8. The van der Waals surface area contributed by atoms with Crippen molar-refractivity contribution < 1.29 is 4.74 Å². The van der Waals surface area contributed by atoms with E-state index >= 15 is 0 Å². The summed E-state index contributed by atoms with van der Waals surface area (Å²) in [5.41, 5.74) is 1.98. The number of thiazole rings is 1. The zero-order valence-electron chi connectivity index (χ0n) is 12.3. The summed E-state index contributed by atoms with van der Waals surface area (Å²) in [7, 11) is 1.66. The van der Waals surface area contributed by atoms with Gasteiger partial charge in [0.1, 0.15) is 11.4 Å². The van der Waals surface area contributed by atoms with Crippen LogP contribution in [0.4, 0.5) is 0 Å². The monoisotopic (exact) mass is 344 g/mol. The highest BCUT2D eigenvalue weighted by molar-refractivity contribution is 7.15. The van der Waals surface area contributed by atoms with Crippen molar-refractivity contribution in [2.75, 3.05) is 7.11 Å². The molecule has 23 heavy (non-hydrogen) atoms. The number of hydrogen-bond acceptors (Lipinski definition) is 4. The van der Waals surface area contributed by atoms with E-state index < -0.39 is 0 Å². The van der Waals surface area contributed by atoms with Crippen LogP contribution < -0.4 is 4.74 Å². The van der Waals surface area contributed by atoms with Crippen molar-refractivity contribution >= 4 is 27.9 Å². The molecule has 3 heterocycles. The molecule has 0 radical (unpaired) electrons. The van der Waals surface area contributed by atoms with Gasteiger partial charge in [0.05, 0.1) is 7.11 Å². The lowest BCUT2D eigenvalue weighted by atomic mass is 10.2. The molecule has 0 N–H and O–H groups in total. The molecule has 7 heteroatoms. The van der Waals surface area contributed by atoms with E-state index in [1.807, 2.05) is 46.4 Å². The molecule has 4 rings (SSSR count). The van der Waals surface area contributed by atoms with E-state index in [9.17, 15) is 0 Å². The summed E-state index contributed by atoms with van der Waals surface area (Å²) in [5.74, 6) is 1.65. The molecule has 0 aliphatic rings. The van der Waals surface area contributed by atoms with E-state index in [2.05, 4.69) is 14.5 Å². The van der Waals surface area contributed by atoms with E-state index in [0.29, 0.717) is 11.7 Å². The molecule has 0 saturated heterocycles. The van der Waals surface area contributed by atoms with Gasteiger partial charge in [0.15, 0.2) is 15.9 Å². The molecule has 0 bridgehead atoms. The number of imidazole rings is 2. The molecule has 116 valence electrons. The molecule has 0 unspecified atom stereocenters. The molecule has 0 aliphatic heterocycles. The van der Waals surface area contributed by atoms with Crippen molar-refractivity contribution in [2.24, 2.45) is 0 Å². The largest absolute Gasteiger partial charge is 0.497 e. The molecule has 0 saturated carbocycles. The van der Waals surface area contributed by atoms with Crippen LogP contribution in [-0.2, 0) is 6.54 Å². The Hall–Kier alpha value is -2.31. The number of hydrogen-bond donors (Lipinski definition) is 0. The van der Waals surface area contributed by atoms with E-state index in [1.165, 1.54) is 0 Å². The van der Waals surface area contributed by atoms with Gasteiger partial charge in [0.25, 0.3) is 0 Å². The molecule has 4 aromatic rings. The Morgan fingerprint density at radius 3 is 2.83 bits per heavy atom. The standard InChI is InChI=1S/C16H13ClN4OS/c1-22-12-4-2-11(3-5-12)10-20-7-6-18-15(20)13-14(17)19-16-21(13)8-9-23-16/h2-9H,10H2,1H3. The first kappa shape index (κ1) is 14.3. The average molecular weight is 345 g/mol. The van der Waals surface area contributed by atoms with Gasteiger partial charge in [-0.25, -0.2) is 9.97 Å². The van der Waals surface area contributed by atoms with E-state index in [0.717, 1.165) is 27.8 Å². The third kappa shape index (κ3) is 2.50. The van der Waals surface area contributed by atoms with Gasteiger partial charge in [-0.1, -0.05) is 23.7 Å². The minimum atomic E-state index is 0.471. The Morgan fingerprint density at radius 1 is 1.22 bits per heavy atom. The summed E-state index contributed by atoms with van der Waals surface area (Å²) in [5, 5.41) is 2.46. The SMILES string of the molecule is COc1ccc(Cn2ccnc2-c2c(Cl)nc3sccn23)cc1. The Kier molecular flexibility index (Phi) is 3.55. The number of nitrogens with zero attached hydrogens (tertiary/aromatic N) is 4. The van der Waals surface area contributed by atoms with Gasteiger partial charge in [-0.2, -0.15) is 0 Å². The topological polar surface area (TPSA) is 44.3 Å². The molecule has 3 aromatic heterocycles. The maximum atomic E-state index is 6.32. The zero-order valence-corrected chi connectivity index (χ0v) is 13.9. The summed E-state index contributed by atoms with van der Waals surface area (Å²) in [6, 6.07) is 7.99. The fourth-order valence-electron chi connectivity index (χ4n) is 2.54. The van der Waals surface area contributed by atoms with Crippen molar-refractivity contribution in [1.82, 2.24) is 18.9 Å². The fraction of sp³-hybridized carbons (Fsp3) is 0.125. The third-order valence-corrected chi connectivity index (χ3v) is 4.68. The van der Waals surface area contributed by atoms with Gasteiger partial charge >= 0.3 is 0 Å². The predicted octanol–water partition coefficient (Wildman–Crippen LogP) is 3.97. The van der Waals surface area contributed by atoms with Crippen LogP contribution in [0.5, 0.6) is 5.75 Å². The van der Waals surface area contributed by atoms with Crippen LogP contribution in [0, 0.1) is 0 Å². The molecular formula is C16H13ClN4OS. The molecule has 0 spiro atoms. The third-order valence-electron chi connectivity index (χ3n) is 3.66. The lowest BCUT2D eigenvalue weighted by Gasteiger charge is -2.08.